The van der Waals surface area contributed by atoms with E-state index in [1.165, 1.54) is 25.7 Å². The summed E-state index contributed by atoms with van der Waals surface area (Å²) in [4.78, 5) is 13.8. The molecule has 0 aromatic heterocycles. The van der Waals surface area contributed by atoms with Gasteiger partial charge in [-0.05, 0) is 40.7 Å². The first-order chi connectivity index (χ1) is 9.38. The van der Waals surface area contributed by atoms with Crippen LogP contribution in [0.1, 0.15) is 46.5 Å². The van der Waals surface area contributed by atoms with Crippen molar-refractivity contribution in [2.45, 2.75) is 58.1 Å². The molecule has 5 nitrogen and oxygen atoms in total. The van der Waals surface area contributed by atoms with Gasteiger partial charge in [-0.1, -0.05) is 12.8 Å². The maximum Gasteiger partial charge on any atom is 0.407 e. The van der Waals surface area contributed by atoms with E-state index in [1.807, 2.05) is 20.8 Å². The van der Waals surface area contributed by atoms with Gasteiger partial charge in [0.25, 0.3) is 0 Å². The number of hydrogen-bond donors (Lipinski definition) is 2. The van der Waals surface area contributed by atoms with E-state index < -0.39 is 5.60 Å². The Bertz CT molecular complexity index is 283. The largest absolute Gasteiger partial charge is 0.444 e. The van der Waals surface area contributed by atoms with Crippen molar-refractivity contribution in [3.05, 3.63) is 0 Å². The van der Waals surface area contributed by atoms with Gasteiger partial charge in [-0.2, -0.15) is 0 Å². The number of nitrogens with zero attached hydrogens (tertiary/aromatic N) is 1. The van der Waals surface area contributed by atoms with Crippen LogP contribution in [0.25, 0.3) is 0 Å². The number of nitrogens with one attached hydrogen (secondary N) is 2. The maximum atomic E-state index is 11.4. The lowest BCUT2D eigenvalue weighted by molar-refractivity contribution is 0.0528. The summed E-state index contributed by atoms with van der Waals surface area (Å²) in [6.45, 7) is 9.00. The first-order valence-electron chi connectivity index (χ1n) is 7.76. The van der Waals surface area contributed by atoms with E-state index in [1.54, 1.807) is 0 Å². The molecule has 0 unspecified atom stereocenters. The molecule has 5 heteroatoms. The van der Waals surface area contributed by atoms with Crippen LogP contribution in [0, 0.1) is 0 Å². The zero-order valence-electron chi connectivity index (χ0n) is 13.5. The summed E-state index contributed by atoms with van der Waals surface area (Å²) in [5.41, 5.74) is -0.429. The molecule has 1 aliphatic rings. The minimum absolute atomic E-state index is 0.345. The summed E-state index contributed by atoms with van der Waals surface area (Å²) in [5, 5.41) is 6.09. The molecular weight excluding hydrogens is 254 g/mol. The Hall–Kier alpha value is -0.810. The first-order valence-corrected chi connectivity index (χ1v) is 7.76. The Kier molecular flexibility index (Phi) is 7.30. The van der Waals surface area contributed by atoms with Gasteiger partial charge in [-0.3, -0.25) is 0 Å². The Morgan fingerprint density at radius 1 is 1.20 bits per heavy atom. The fourth-order valence-corrected chi connectivity index (χ4v) is 2.48. The number of carbonyl (C=O) groups is 1. The van der Waals surface area contributed by atoms with Gasteiger partial charge in [0.1, 0.15) is 5.60 Å². The molecule has 1 amide bonds. The molecule has 1 rings (SSSR count). The van der Waals surface area contributed by atoms with Crippen LogP contribution in [-0.4, -0.2) is 55.9 Å². The van der Waals surface area contributed by atoms with E-state index in [-0.39, 0.29) is 6.09 Å². The smallest absolute Gasteiger partial charge is 0.407 e. The van der Waals surface area contributed by atoms with Crippen LogP contribution in [0.3, 0.4) is 0 Å². The molecule has 0 saturated heterocycles. The van der Waals surface area contributed by atoms with E-state index >= 15 is 0 Å². The van der Waals surface area contributed by atoms with Crippen molar-refractivity contribution in [1.82, 2.24) is 15.5 Å². The van der Waals surface area contributed by atoms with Crippen molar-refractivity contribution in [3.63, 3.8) is 0 Å². The molecule has 0 radical (unpaired) electrons. The van der Waals surface area contributed by atoms with Crippen LogP contribution >= 0.6 is 0 Å². The minimum atomic E-state index is -0.429. The number of likely N-dealkylation sites (N-methyl/N-ethyl adjacent to an activating group) is 1. The summed E-state index contributed by atoms with van der Waals surface area (Å²) in [7, 11) is 2.20. The first kappa shape index (κ1) is 17.2. The average Bonchev–Trinajstić information content (AvgIpc) is 2.84. The van der Waals surface area contributed by atoms with Crippen LogP contribution < -0.4 is 10.6 Å². The number of hydrogen-bond acceptors (Lipinski definition) is 4. The summed E-state index contributed by atoms with van der Waals surface area (Å²) >= 11 is 0. The van der Waals surface area contributed by atoms with Gasteiger partial charge in [0.15, 0.2) is 0 Å². The molecule has 0 heterocycles. The van der Waals surface area contributed by atoms with Gasteiger partial charge in [-0.15, -0.1) is 0 Å². The van der Waals surface area contributed by atoms with Crippen molar-refractivity contribution in [3.8, 4) is 0 Å². The van der Waals surface area contributed by atoms with Gasteiger partial charge in [0.2, 0.25) is 0 Å². The molecule has 0 aromatic carbocycles. The predicted octanol–water partition coefficient (Wildman–Crippen LogP) is 1.98. The fraction of sp³-hybridized carbons (Fsp3) is 0.933. The van der Waals surface area contributed by atoms with Crippen LogP contribution in [0.5, 0.6) is 0 Å². The zero-order chi connectivity index (χ0) is 15.0. The third kappa shape index (κ3) is 7.70. The lowest BCUT2D eigenvalue weighted by atomic mass is 10.2. The predicted molar refractivity (Wildman–Crippen MR) is 82.0 cm³/mol. The summed E-state index contributed by atoms with van der Waals surface area (Å²) in [5.74, 6) is 0. The van der Waals surface area contributed by atoms with Gasteiger partial charge < -0.3 is 20.3 Å². The monoisotopic (exact) mass is 285 g/mol. The summed E-state index contributed by atoms with van der Waals surface area (Å²) in [6, 6.07) is 0.775. The maximum absolute atomic E-state index is 11.4. The highest BCUT2D eigenvalue weighted by atomic mass is 16.6. The third-order valence-corrected chi connectivity index (χ3v) is 3.56. The molecule has 0 aliphatic heterocycles. The van der Waals surface area contributed by atoms with Gasteiger partial charge >= 0.3 is 6.09 Å². The second-order valence-electron chi connectivity index (χ2n) is 6.60. The van der Waals surface area contributed by atoms with Gasteiger partial charge in [0.05, 0.1) is 0 Å². The molecule has 118 valence electrons. The zero-order valence-corrected chi connectivity index (χ0v) is 13.5. The molecule has 0 aromatic rings. The van der Waals surface area contributed by atoms with Crippen LogP contribution in [0.15, 0.2) is 0 Å². The van der Waals surface area contributed by atoms with Crippen molar-refractivity contribution in [2.75, 3.05) is 33.2 Å². The normalized spacial score (nSPS) is 16.6. The van der Waals surface area contributed by atoms with Crippen molar-refractivity contribution >= 4 is 6.09 Å². The second kappa shape index (κ2) is 8.47. The van der Waals surface area contributed by atoms with Gasteiger partial charge in [-0.25, -0.2) is 4.79 Å². The van der Waals surface area contributed by atoms with E-state index in [2.05, 4.69) is 22.6 Å². The highest BCUT2D eigenvalue weighted by Gasteiger charge is 2.18. The molecular formula is C15H31N3O2. The van der Waals surface area contributed by atoms with Crippen LogP contribution in [0.2, 0.25) is 0 Å². The molecule has 0 spiro atoms. The van der Waals surface area contributed by atoms with E-state index in [0.29, 0.717) is 6.54 Å². The molecule has 2 N–H and O–H groups in total. The van der Waals surface area contributed by atoms with E-state index in [9.17, 15) is 4.79 Å². The minimum Gasteiger partial charge on any atom is -0.444 e. The average molecular weight is 285 g/mol. The third-order valence-electron chi connectivity index (χ3n) is 3.56. The topological polar surface area (TPSA) is 53.6 Å². The number of ether oxygens (including phenoxy) is 1. The summed E-state index contributed by atoms with van der Waals surface area (Å²) in [6.07, 6.45) is 5.10. The Morgan fingerprint density at radius 2 is 1.85 bits per heavy atom. The lowest BCUT2D eigenvalue weighted by Crippen LogP contribution is -2.39. The Labute approximate surface area is 123 Å². The van der Waals surface area contributed by atoms with Crippen molar-refractivity contribution < 1.29 is 9.53 Å². The van der Waals surface area contributed by atoms with Crippen molar-refractivity contribution in [2.24, 2.45) is 0 Å². The number of rotatable bonds is 7. The quantitative estimate of drug-likeness (QED) is 0.702. The molecule has 20 heavy (non-hydrogen) atoms. The standard InChI is InChI=1S/C15H31N3O2/c1-15(2,3)20-14(19)17-10-9-16-11-12-18(4)13-7-5-6-8-13/h13,16H,5-12H2,1-4H3,(H,17,19). The molecule has 0 atom stereocenters. The van der Waals surface area contributed by atoms with Crippen LogP contribution in [0.4, 0.5) is 4.79 Å². The number of alkyl carbamates (subject to hydrolysis) is 1. The number of carbonyl (C=O) groups excluding carboxylic acids is 1. The lowest BCUT2D eigenvalue weighted by Gasteiger charge is -2.24. The van der Waals surface area contributed by atoms with E-state index in [0.717, 1.165) is 25.7 Å². The van der Waals surface area contributed by atoms with Crippen molar-refractivity contribution in [1.29, 1.82) is 0 Å². The highest BCUT2D eigenvalue weighted by molar-refractivity contribution is 5.67. The Morgan fingerprint density at radius 3 is 2.45 bits per heavy atom. The molecule has 1 fully saturated rings. The second-order valence-corrected chi connectivity index (χ2v) is 6.60. The van der Waals surface area contributed by atoms with E-state index in [4.69, 9.17) is 4.74 Å². The fourth-order valence-electron chi connectivity index (χ4n) is 2.48. The van der Waals surface area contributed by atoms with Gasteiger partial charge in [0, 0.05) is 32.2 Å². The highest BCUT2D eigenvalue weighted by Crippen LogP contribution is 2.21. The summed E-state index contributed by atoms with van der Waals surface area (Å²) < 4.78 is 5.16. The number of amides is 1. The molecule has 0 bridgehead atoms. The Balaban J connectivity index is 1.95. The SMILES string of the molecule is CN(CCNCCNC(=O)OC(C)(C)C)C1CCCC1. The van der Waals surface area contributed by atoms with Crippen LogP contribution in [-0.2, 0) is 4.74 Å². The molecule has 1 saturated carbocycles. The molecule has 1 aliphatic carbocycles.